The van der Waals surface area contributed by atoms with Crippen LogP contribution in [0, 0.1) is 3.57 Å². The quantitative estimate of drug-likeness (QED) is 0.0840. The van der Waals surface area contributed by atoms with Crippen LogP contribution in [-0.4, -0.2) is 55.0 Å². The van der Waals surface area contributed by atoms with Crippen LogP contribution in [0.4, 0.5) is 4.79 Å². The highest BCUT2D eigenvalue weighted by Crippen LogP contribution is 2.35. The molecule has 0 saturated heterocycles. The van der Waals surface area contributed by atoms with Crippen molar-refractivity contribution in [2.75, 3.05) is 20.3 Å². The number of carbonyl (C=O) groups excluding carboxylic acids is 2. The van der Waals surface area contributed by atoms with Gasteiger partial charge in [-0.3, -0.25) is 5.43 Å². The van der Waals surface area contributed by atoms with Gasteiger partial charge in [-0.25, -0.2) is 9.59 Å². The second-order valence-electron chi connectivity index (χ2n) is 7.75. The molecule has 37 heavy (non-hydrogen) atoms. The van der Waals surface area contributed by atoms with Crippen molar-refractivity contribution in [3.05, 3.63) is 60.8 Å². The Hall–Kier alpha value is -3.04. The van der Waals surface area contributed by atoms with Gasteiger partial charge in [0.15, 0.2) is 17.7 Å². The van der Waals surface area contributed by atoms with Gasteiger partial charge in [0, 0.05) is 5.70 Å². The highest BCUT2D eigenvalue weighted by molar-refractivity contribution is 14.1. The summed E-state index contributed by atoms with van der Waals surface area (Å²) in [5.41, 5.74) is 4.53. The molecule has 0 saturated carbocycles. The van der Waals surface area contributed by atoms with E-state index in [-0.39, 0.29) is 17.9 Å². The van der Waals surface area contributed by atoms with Gasteiger partial charge >= 0.3 is 12.0 Å². The van der Waals surface area contributed by atoms with Crippen LogP contribution < -0.4 is 25.5 Å². The van der Waals surface area contributed by atoms with Gasteiger partial charge in [0.2, 0.25) is 0 Å². The maximum atomic E-state index is 12.4. The summed E-state index contributed by atoms with van der Waals surface area (Å²) in [4.78, 5) is 24.4. The van der Waals surface area contributed by atoms with Crippen LogP contribution in [0.3, 0.4) is 0 Å². The second-order valence-corrected chi connectivity index (χ2v) is 9.76. The van der Waals surface area contributed by atoms with E-state index in [1.54, 1.807) is 44.2 Å². The van der Waals surface area contributed by atoms with Gasteiger partial charge in [-0.2, -0.15) is 5.10 Å². The average Bonchev–Trinajstić information content (AvgIpc) is 2.85. The van der Waals surface area contributed by atoms with E-state index in [9.17, 15) is 19.8 Å². The summed E-state index contributed by atoms with van der Waals surface area (Å²) in [5, 5.41) is 29.4. The van der Waals surface area contributed by atoms with Crippen molar-refractivity contribution in [3.63, 3.8) is 0 Å². The van der Waals surface area contributed by atoms with Crippen LogP contribution in [-0.2, 0) is 9.53 Å². The molecule has 1 heterocycles. The topological polar surface area (TPSA) is 151 Å². The van der Waals surface area contributed by atoms with Crippen molar-refractivity contribution in [1.29, 1.82) is 0 Å². The van der Waals surface area contributed by atoms with E-state index in [1.807, 2.05) is 22.6 Å². The number of carbonyl (C=O) groups is 2. The average molecular weight is 689 g/mol. The minimum Gasteiger partial charge on any atom is -0.506 e. The summed E-state index contributed by atoms with van der Waals surface area (Å²) in [6, 6.07) is 7.20. The van der Waals surface area contributed by atoms with Crippen molar-refractivity contribution in [3.8, 4) is 17.2 Å². The molecule has 0 spiro atoms. The van der Waals surface area contributed by atoms with E-state index >= 15 is 0 Å². The van der Waals surface area contributed by atoms with Gasteiger partial charge in [0.1, 0.15) is 12.4 Å². The van der Waals surface area contributed by atoms with Gasteiger partial charge in [-0.1, -0.05) is 6.07 Å². The van der Waals surface area contributed by atoms with Crippen LogP contribution in [0.5, 0.6) is 17.2 Å². The number of benzene rings is 2. The Kier molecular flexibility index (Phi) is 10.00. The monoisotopic (exact) mass is 688 g/mol. The third kappa shape index (κ3) is 7.26. The molecule has 2 amide bonds. The maximum absolute atomic E-state index is 12.4. The lowest BCUT2D eigenvalue weighted by Gasteiger charge is -2.28. The first kappa shape index (κ1) is 28.5. The highest BCUT2D eigenvalue weighted by Gasteiger charge is 2.32. The lowest BCUT2D eigenvalue weighted by molar-refractivity contribution is -0.136. The molecule has 0 fully saturated rings. The molecule has 198 valence electrons. The fourth-order valence-corrected chi connectivity index (χ4v) is 4.98. The van der Waals surface area contributed by atoms with Crippen LogP contribution >= 0.6 is 38.5 Å². The zero-order valence-corrected chi connectivity index (χ0v) is 23.9. The SMILES string of the molecule is CCOc1cc([C@H]2NC(=O)NC(C)=C2C(=O)OC)ccc1OC[C@@H](O)N/N=C\c1cc(Br)c(O)c(I)c1. The van der Waals surface area contributed by atoms with Gasteiger partial charge in [-0.05, 0) is 87.8 Å². The van der Waals surface area contributed by atoms with Crippen molar-refractivity contribution in [2.45, 2.75) is 26.1 Å². The molecule has 3 rings (SSSR count). The molecule has 5 N–H and O–H groups in total. The Labute approximate surface area is 235 Å². The number of aliphatic hydroxyl groups excluding tert-OH is 1. The van der Waals surface area contributed by atoms with Crippen LogP contribution in [0.25, 0.3) is 0 Å². The molecule has 0 bridgehead atoms. The van der Waals surface area contributed by atoms with E-state index in [0.29, 0.717) is 43.0 Å². The number of urea groups is 1. The molecule has 1 aliphatic rings. The maximum Gasteiger partial charge on any atom is 0.337 e. The number of amides is 2. The number of nitrogens with one attached hydrogen (secondary N) is 3. The summed E-state index contributed by atoms with van der Waals surface area (Å²) in [6.07, 6.45) is 0.364. The molecular formula is C24H26BrIN4O7. The smallest absolute Gasteiger partial charge is 0.337 e. The molecule has 2 aromatic rings. The lowest BCUT2D eigenvalue weighted by Crippen LogP contribution is -2.45. The Morgan fingerprint density at radius 1 is 1.30 bits per heavy atom. The molecule has 0 radical (unpaired) electrons. The number of rotatable bonds is 10. The third-order valence-corrected chi connectivity index (χ3v) is 6.58. The number of methoxy groups -OCH3 is 1. The molecule has 2 aromatic carbocycles. The molecule has 11 nitrogen and oxygen atoms in total. The number of nitrogens with zero attached hydrogens (tertiary/aromatic N) is 1. The van der Waals surface area contributed by atoms with Crippen LogP contribution in [0.15, 0.2) is 51.2 Å². The molecular weight excluding hydrogens is 663 g/mol. The number of hydrogen-bond acceptors (Lipinski definition) is 9. The number of aromatic hydroxyl groups is 1. The van der Waals surface area contributed by atoms with E-state index in [0.717, 1.165) is 0 Å². The van der Waals surface area contributed by atoms with Crippen molar-refractivity contribution in [2.24, 2.45) is 5.10 Å². The summed E-state index contributed by atoms with van der Waals surface area (Å²) < 4.78 is 17.5. The Bertz CT molecular complexity index is 1210. The molecule has 1 aliphatic heterocycles. The fraction of sp³-hybridized carbons (Fsp3) is 0.292. The first-order valence-corrected chi connectivity index (χ1v) is 12.9. The Morgan fingerprint density at radius 3 is 2.73 bits per heavy atom. The summed E-state index contributed by atoms with van der Waals surface area (Å²) in [5.74, 6) is 0.296. The highest BCUT2D eigenvalue weighted by atomic mass is 127. The number of hydrazone groups is 1. The predicted molar refractivity (Wildman–Crippen MR) is 147 cm³/mol. The summed E-state index contributed by atoms with van der Waals surface area (Å²) >= 11 is 5.27. The largest absolute Gasteiger partial charge is 0.506 e. The predicted octanol–water partition coefficient (Wildman–Crippen LogP) is 3.28. The van der Waals surface area contributed by atoms with Crippen molar-refractivity contribution >= 4 is 56.7 Å². The first-order valence-electron chi connectivity index (χ1n) is 11.0. The number of halogens is 2. The molecule has 2 atom stereocenters. The minimum absolute atomic E-state index is 0.144. The van der Waals surface area contributed by atoms with Crippen LogP contribution in [0.2, 0.25) is 0 Å². The standard InChI is InChI=1S/C24H26BrIN4O7/c1-4-36-18-9-14(21-20(23(33)35-3)12(2)28-24(34)29-21)5-6-17(18)37-11-19(31)30-27-10-13-7-15(25)22(32)16(26)8-13/h5-10,19,21,30-32H,4,11H2,1-3H3,(H2,28,29,34)/b27-10-/t19-,21-/m1/s1. The summed E-state index contributed by atoms with van der Waals surface area (Å²) in [6.45, 7) is 3.62. The zero-order chi connectivity index (χ0) is 27.1. The number of hydrogen-bond donors (Lipinski definition) is 5. The minimum atomic E-state index is -1.13. The van der Waals surface area contributed by atoms with Gasteiger partial charge in [0.05, 0.1) is 39.6 Å². The normalized spacial score (nSPS) is 16.2. The fourth-order valence-electron chi connectivity index (χ4n) is 3.48. The third-order valence-electron chi connectivity index (χ3n) is 5.15. The number of esters is 1. The number of aliphatic hydroxyl groups is 1. The summed E-state index contributed by atoms with van der Waals surface area (Å²) in [7, 11) is 1.27. The van der Waals surface area contributed by atoms with Gasteiger partial charge in [0.25, 0.3) is 0 Å². The second kappa shape index (κ2) is 13.0. The van der Waals surface area contributed by atoms with E-state index < -0.39 is 24.3 Å². The number of phenolic OH excluding ortho intramolecular Hbond substituents is 1. The Morgan fingerprint density at radius 2 is 2.05 bits per heavy atom. The lowest BCUT2D eigenvalue weighted by atomic mass is 9.95. The van der Waals surface area contributed by atoms with E-state index in [2.05, 4.69) is 37.1 Å². The van der Waals surface area contributed by atoms with Crippen molar-refractivity contribution < 1.29 is 34.0 Å². The van der Waals surface area contributed by atoms with Crippen LogP contribution in [0.1, 0.15) is 31.0 Å². The molecule has 0 aromatic heterocycles. The van der Waals surface area contributed by atoms with E-state index in [4.69, 9.17) is 14.2 Å². The number of ether oxygens (including phenoxy) is 3. The molecule has 13 heteroatoms. The van der Waals surface area contributed by atoms with Crippen molar-refractivity contribution in [1.82, 2.24) is 16.1 Å². The number of allylic oxidation sites excluding steroid dienone is 1. The number of phenols is 1. The Balaban J connectivity index is 1.71. The van der Waals surface area contributed by atoms with E-state index in [1.165, 1.54) is 13.3 Å². The molecule has 0 aliphatic carbocycles. The zero-order valence-electron chi connectivity index (χ0n) is 20.2. The van der Waals surface area contributed by atoms with Gasteiger partial charge in [-0.15, -0.1) is 0 Å². The first-order chi connectivity index (χ1) is 17.6. The van der Waals surface area contributed by atoms with Gasteiger partial charge < -0.3 is 35.1 Å². The molecule has 0 unspecified atom stereocenters.